The molecule has 1 fully saturated rings. The fourth-order valence-electron chi connectivity index (χ4n) is 1.29. The fourth-order valence-corrected chi connectivity index (χ4v) is 1.29. The van der Waals surface area contributed by atoms with Crippen LogP contribution in [0.15, 0.2) is 0 Å². The van der Waals surface area contributed by atoms with Crippen LogP contribution in [0.4, 0.5) is 8.78 Å². The number of hydrogen-bond donors (Lipinski definition) is 0. The molecule has 0 radical (unpaired) electrons. The summed E-state index contributed by atoms with van der Waals surface area (Å²) in [5.41, 5.74) is -0.820. The first-order chi connectivity index (χ1) is 4.85. The van der Waals surface area contributed by atoms with E-state index in [0.717, 1.165) is 6.54 Å². The van der Waals surface area contributed by atoms with E-state index in [0.29, 0.717) is 6.42 Å². The number of halogens is 2. The van der Waals surface area contributed by atoms with E-state index in [1.54, 1.807) is 25.8 Å². The van der Waals surface area contributed by atoms with Crippen molar-refractivity contribution in [3.05, 3.63) is 0 Å². The lowest BCUT2D eigenvalue weighted by Crippen LogP contribution is -2.51. The minimum absolute atomic E-state index is 0.0972. The van der Waals surface area contributed by atoms with Crippen molar-refractivity contribution >= 4 is 0 Å². The molecule has 1 saturated heterocycles. The molecule has 1 heterocycles. The summed E-state index contributed by atoms with van der Waals surface area (Å²) in [5.74, 6) is -2.53. The lowest BCUT2D eigenvalue weighted by atomic mass is 9.79. The Balaban J connectivity index is 2.72. The molecule has 0 atom stereocenters. The molecule has 0 aromatic rings. The van der Waals surface area contributed by atoms with Crippen LogP contribution in [0.25, 0.3) is 0 Å². The van der Waals surface area contributed by atoms with E-state index >= 15 is 0 Å². The van der Waals surface area contributed by atoms with Gasteiger partial charge in [0.25, 0.3) is 5.92 Å². The first-order valence-corrected chi connectivity index (χ1v) is 3.91. The van der Waals surface area contributed by atoms with E-state index < -0.39 is 11.3 Å². The Morgan fingerprint density at radius 2 is 1.82 bits per heavy atom. The molecule has 0 saturated carbocycles. The van der Waals surface area contributed by atoms with Gasteiger partial charge in [-0.05, 0) is 20.0 Å². The SMILES string of the molecule is CN1CCC(C)(C)C(F)(F)C1. The normalized spacial score (nSPS) is 30.3. The van der Waals surface area contributed by atoms with Crippen LogP contribution in [0.5, 0.6) is 0 Å². The molecular weight excluding hydrogens is 148 g/mol. The Kier molecular flexibility index (Phi) is 1.95. The largest absolute Gasteiger partial charge is 0.301 e. The number of nitrogens with zero attached hydrogens (tertiary/aromatic N) is 1. The van der Waals surface area contributed by atoms with Gasteiger partial charge in [-0.25, -0.2) is 8.78 Å². The summed E-state index contributed by atoms with van der Waals surface area (Å²) in [5, 5.41) is 0. The Morgan fingerprint density at radius 3 is 2.18 bits per heavy atom. The number of alkyl halides is 2. The van der Waals surface area contributed by atoms with Gasteiger partial charge in [-0.15, -0.1) is 0 Å². The monoisotopic (exact) mass is 163 g/mol. The van der Waals surface area contributed by atoms with Crippen LogP contribution in [-0.2, 0) is 0 Å². The highest BCUT2D eigenvalue weighted by Crippen LogP contribution is 2.42. The van der Waals surface area contributed by atoms with Crippen LogP contribution in [0.3, 0.4) is 0 Å². The van der Waals surface area contributed by atoms with Crippen LogP contribution in [-0.4, -0.2) is 31.0 Å². The maximum absolute atomic E-state index is 13.2. The highest BCUT2D eigenvalue weighted by Gasteiger charge is 2.49. The molecule has 0 amide bonds. The second-order valence-corrected chi connectivity index (χ2v) is 4.08. The molecule has 0 bridgehead atoms. The van der Waals surface area contributed by atoms with Gasteiger partial charge in [0.1, 0.15) is 0 Å². The maximum atomic E-state index is 13.2. The predicted molar refractivity (Wildman–Crippen MR) is 40.8 cm³/mol. The summed E-state index contributed by atoms with van der Waals surface area (Å²) in [6.45, 7) is 3.96. The van der Waals surface area contributed by atoms with E-state index in [1.807, 2.05) is 0 Å². The smallest absolute Gasteiger partial charge is 0.265 e. The van der Waals surface area contributed by atoms with Crippen LogP contribution in [0.2, 0.25) is 0 Å². The van der Waals surface area contributed by atoms with E-state index in [2.05, 4.69) is 0 Å². The van der Waals surface area contributed by atoms with Gasteiger partial charge < -0.3 is 4.90 Å². The van der Waals surface area contributed by atoms with Crippen molar-refractivity contribution in [2.75, 3.05) is 20.1 Å². The van der Waals surface area contributed by atoms with Crippen molar-refractivity contribution in [2.24, 2.45) is 5.41 Å². The summed E-state index contributed by atoms with van der Waals surface area (Å²) < 4.78 is 26.4. The maximum Gasteiger partial charge on any atom is 0.265 e. The minimum Gasteiger partial charge on any atom is -0.301 e. The van der Waals surface area contributed by atoms with Gasteiger partial charge >= 0.3 is 0 Å². The molecule has 0 unspecified atom stereocenters. The molecule has 1 rings (SSSR count). The number of likely N-dealkylation sites (tertiary alicyclic amines) is 1. The quantitative estimate of drug-likeness (QED) is 0.528. The van der Waals surface area contributed by atoms with Crippen LogP contribution >= 0.6 is 0 Å². The lowest BCUT2D eigenvalue weighted by Gasteiger charge is -2.42. The molecule has 0 N–H and O–H groups in total. The molecule has 0 aromatic heterocycles. The third kappa shape index (κ3) is 1.53. The highest BCUT2D eigenvalue weighted by atomic mass is 19.3. The van der Waals surface area contributed by atoms with Crippen LogP contribution < -0.4 is 0 Å². The zero-order chi connectivity index (χ0) is 8.70. The Hall–Kier alpha value is -0.180. The molecule has 0 spiro atoms. The van der Waals surface area contributed by atoms with E-state index in [-0.39, 0.29) is 6.54 Å². The van der Waals surface area contributed by atoms with Crippen molar-refractivity contribution in [3.63, 3.8) is 0 Å². The van der Waals surface area contributed by atoms with Gasteiger partial charge in [-0.3, -0.25) is 0 Å². The topological polar surface area (TPSA) is 3.24 Å². The highest BCUT2D eigenvalue weighted by molar-refractivity contribution is 4.91. The summed E-state index contributed by atoms with van der Waals surface area (Å²) in [6.07, 6.45) is 0.580. The molecule has 3 heteroatoms. The molecule has 1 aliphatic rings. The Labute approximate surface area is 66.4 Å². The van der Waals surface area contributed by atoms with Crippen molar-refractivity contribution in [3.8, 4) is 0 Å². The lowest BCUT2D eigenvalue weighted by molar-refractivity contribution is -0.148. The van der Waals surface area contributed by atoms with Crippen molar-refractivity contribution in [1.29, 1.82) is 0 Å². The molecule has 1 nitrogen and oxygen atoms in total. The zero-order valence-electron chi connectivity index (χ0n) is 7.32. The summed E-state index contributed by atoms with van der Waals surface area (Å²) in [6, 6.07) is 0. The minimum atomic E-state index is -2.53. The predicted octanol–water partition coefficient (Wildman–Crippen LogP) is 1.98. The standard InChI is InChI=1S/C8H15F2N/c1-7(2)4-5-11(3)6-8(7,9)10/h4-6H2,1-3H3. The van der Waals surface area contributed by atoms with Gasteiger partial charge in [-0.1, -0.05) is 13.8 Å². The van der Waals surface area contributed by atoms with Gasteiger partial charge in [-0.2, -0.15) is 0 Å². The van der Waals surface area contributed by atoms with Gasteiger partial charge in [0.15, 0.2) is 0 Å². The summed E-state index contributed by atoms with van der Waals surface area (Å²) in [7, 11) is 1.74. The van der Waals surface area contributed by atoms with Gasteiger partial charge in [0.05, 0.1) is 6.54 Å². The first kappa shape index (κ1) is 8.91. The van der Waals surface area contributed by atoms with Crippen molar-refractivity contribution < 1.29 is 8.78 Å². The summed E-state index contributed by atoms with van der Waals surface area (Å²) in [4.78, 5) is 1.69. The molecule has 1 aliphatic heterocycles. The van der Waals surface area contributed by atoms with E-state index in [9.17, 15) is 8.78 Å². The van der Waals surface area contributed by atoms with Crippen LogP contribution in [0, 0.1) is 5.41 Å². The molecule has 0 aromatic carbocycles. The first-order valence-electron chi connectivity index (χ1n) is 3.91. The average Bonchev–Trinajstić information content (AvgIpc) is 1.80. The third-order valence-corrected chi connectivity index (χ3v) is 2.58. The molecule has 0 aliphatic carbocycles. The Bertz CT molecular complexity index is 154. The number of hydrogen-bond acceptors (Lipinski definition) is 1. The Morgan fingerprint density at radius 1 is 1.27 bits per heavy atom. The average molecular weight is 163 g/mol. The number of piperidine rings is 1. The summed E-state index contributed by atoms with van der Waals surface area (Å²) >= 11 is 0. The van der Waals surface area contributed by atoms with Gasteiger partial charge in [0.2, 0.25) is 0 Å². The van der Waals surface area contributed by atoms with E-state index in [4.69, 9.17) is 0 Å². The van der Waals surface area contributed by atoms with Crippen LogP contribution in [0.1, 0.15) is 20.3 Å². The molecule has 66 valence electrons. The third-order valence-electron chi connectivity index (χ3n) is 2.58. The number of rotatable bonds is 0. The zero-order valence-corrected chi connectivity index (χ0v) is 7.32. The fraction of sp³-hybridized carbons (Fsp3) is 1.00. The molecular formula is C8H15F2N. The second kappa shape index (κ2) is 2.41. The van der Waals surface area contributed by atoms with Crippen molar-refractivity contribution in [2.45, 2.75) is 26.2 Å². The van der Waals surface area contributed by atoms with Crippen molar-refractivity contribution in [1.82, 2.24) is 4.90 Å². The molecule has 11 heavy (non-hydrogen) atoms. The van der Waals surface area contributed by atoms with E-state index in [1.165, 1.54) is 0 Å². The van der Waals surface area contributed by atoms with Gasteiger partial charge in [0, 0.05) is 5.41 Å². The second-order valence-electron chi connectivity index (χ2n) is 4.08.